The molecule has 6 nitrogen and oxygen atoms in total. The first kappa shape index (κ1) is 27.3. The first-order valence-electron chi connectivity index (χ1n) is 12.4. The van der Waals surface area contributed by atoms with Crippen LogP contribution in [0.3, 0.4) is 0 Å². The van der Waals surface area contributed by atoms with Crippen molar-refractivity contribution >= 4 is 40.8 Å². The Kier molecular flexibility index (Phi) is 9.86. The Bertz CT molecular complexity index is 1130. The molecular formula is C28H38IN3O3. The van der Waals surface area contributed by atoms with Gasteiger partial charge < -0.3 is 24.7 Å². The van der Waals surface area contributed by atoms with Crippen LogP contribution in [0, 0.1) is 18.8 Å². The van der Waals surface area contributed by atoms with Crippen molar-refractivity contribution in [2.75, 3.05) is 26.3 Å². The summed E-state index contributed by atoms with van der Waals surface area (Å²) in [5.41, 5.74) is 4.51. The molecule has 2 aromatic carbocycles. The van der Waals surface area contributed by atoms with Crippen LogP contribution in [0.5, 0.6) is 11.5 Å². The smallest absolute Gasteiger partial charge is 0.226 e. The summed E-state index contributed by atoms with van der Waals surface area (Å²) in [7, 11) is 0. The monoisotopic (exact) mass is 591 g/mol. The van der Waals surface area contributed by atoms with Crippen molar-refractivity contribution in [1.29, 1.82) is 0 Å². The lowest BCUT2D eigenvalue weighted by Crippen LogP contribution is -2.40. The fraction of sp³-hybridized carbons (Fsp3) is 0.464. The molecule has 1 aliphatic heterocycles. The number of hydrogen-bond donors (Lipinski definition) is 2. The number of aromatic nitrogens is 1. The van der Waals surface area contributed by atoms with Gasteiger partial charge >= 0.3 is 0 Å². The molecule has 1 aromatic heterocycles. The van der Waals surface area contributed by atoms with Crippen LogP contribution in [0.4, 0.5) is 0 Å². The minimum absolute atomic E-state index is 0. The van der Waals surface area contributed by atoms with Crippen LogP contribution in [-0.2, 0) is 17.9 Å². The van der Waals surface area contributed by atoms with E-state index in [1.54, 1.807) is 0 Å². The average molecular weight is 592 g/mol. The van der Waals surface area contributed by atoms with E-state index in [2.05, 4.69) is 54.5 Å². The number of aromatic amines is 1. The Morgan fingerprint density at radius 3 is 2.74 bits per heavy atom. The van der Waals surface area contributed by atoms with Crippen molar-refractivity contribution in [3.63, 3.8) is 0 Å². The standard InChI is InChI=1S/C28H37N3O3.HI/c1-19(2)17-31(18-22-13-20(3)27-26(14-22)33-11-6-12-34-27)28(32)21(4)15-29-16-23-7-5-8-25-24(23)9-10-30-25;/h5,7-10,13-14,19,21,29-30H,6,11-12,15-18H2,1-4H3;1H. The SMILES string of the molecule is Cc1cc(CN(CC(C)C)C(=O)C(C)CNCc2cccc3[nH]ccc23)cc2c1OCCCO2.I. The van der Waals surface area contributed by atoms with Gasteiger partial charge in [0.2, 0.25) is 5.91 Å². The number of nitrogens with zero attached hydrogens (tertiary/aromatic N) is 1. The van der Waals surface area contributed by atoms with Crippen molar-refractivity contribution in [2.24, 2.45) is 11.8 Å². The third kappa shape index (κ3) is 6.91. The van der Waals surface area contributed by atoms with Crippen molar-refractivity contribution in [1.82, 2.24) is 15.2 Å². The third-order valence-electron chi connectivity index (χ3n) is 6.24. The molecule has 0 saturated carbocycles. The summed E-state index contributed by atoms with van der Waals surface area (Å²) >= 11 is 0. The predicted molar refractivity (Wildman–Crippen MR) is 152 cm³/mol. The zero-order chi connectivity index (χ0) is 24.1. The van der Waals surface area contributed by atoms with Crippen LogP contribution in [0.1, 0.15) is 43.9 Å². The van der Waals surface area contributed by atoms with E-state index in [-0.39, 0.29) is 35.8 Å². The normalized spacial score (nSPS) is 13.9. The number of benzene rings is 2. The van der Waals surface area contributed by atoms with Gasteiger partial charge in [-0.25, -0.2) is 0 Å². The van der Waals surface area contributed by atoms with E-state index >= 15 is 0 Å². The van der Waals surface area contributed by atoms with Gasteiger partial charge in [-0.05, 0) is 47.7 Å². The largest absolute Gasteiger partial charge is 0.490 e. The molecule has 7 heteroatoms. The molecule has 0 bridgehead atoms. The molecule has 35 heavy (non-hydrogen) atoms. The number of rotatable bonds is 9. The Morgan fingerprint density at radius 1 is 1.14 bits per heavy atom. The van der Waals surface area contributed by atoms with Gasteiger partial charge in [0.25, 0.3) is 0 Å². The molecular weight excluding hydrogens is 553 g/mol. The van der Waals surface area contributed by atoms with E-state index in [0.717, 1.165) is 47.7 Å². The number of aryl methyl sites for hydroxylation is 1. The molecule has 4 rings (SSSR count). The lowest BCUT2D eigenvalue weighted by atomic mass is 10.1. The molecule has 0 saturated heterocycles. The second kappa shape index (κ2) is 12.6. The molecule has 2 heterocycles. The van der Waals surface area contributed by atoms with E-state index in [1.807, 2.05) is 31.0 Å². The maximum atomic E-state index is 13.5. The number of hydrogen-bond acceptors (Lipinski definition) is 4. The van der Waals surface area contributed by atoms with Gasteiger partial charge in [-0.15, -0.1) is 24.0 Å². The quantitative estimate of drug-likeness (QED) is 0.315. The molecule has 0 radical (unpaired) electrons. The average Bonchev–Trinajstić information content (AvgIpc) is 3.16. The van der Waals surface area contributed by atoms with E-state index in [1.165, 1.54) is 10.9 Å². The summed E-state index contributed by atoms with van der Waals surface area (Å²) in [6.45, 7) is 12.4. The maximum Gasteiger partial charge on any atom is 0.226 e. The molecule has 1 aliphatic rings. The van der Waals surface area contributed by atoms with Gasteiger partial charge in [-0.1, -0.05) is 39.0 Å². The summed E-state index contributed by atoms with van der Waals surface area (Å²) in [5.74, 6) is 2.06. The first-order valence-corrected chi connectivity index (χ1v) is 12.4. The van der Waals surface area contributed by atoms with E-state index in [4.69, 9.17) is 9.47 Å². The zero-order valence-corrected chi connectivity index (χ0v) is 23.6. The van der Waals surface area contributed by atoms with Gasteiger partial charge in [-0.2, -0.15) is 0 Å². The number of amides is 1. The summed E-state index contributed by atoms with van der Waals surface area (Å²) in [6.07, 6.45) is 2.84. The molecule has 0 fully saturated rings. The number of carbonyl (C=O) groups excluding carboxylic acids is 1. The Labute approximate surface area is 225 Å². The number of carbonyl (C=O) groups is 1. The van der Waals surface area contributed by atoms with E-state index < -0.39 is 0 Å². The second-order valence-electron chi connectivity index (χ2n) is 9.79. The Hall–Kier alpha value is -2.26. The van der Waals surface area contributed by atoms with Gasteiger partial charge in [0.15, 0.2) is 11.5 Å². The second-order valence-corrected chi connectivity index (χ2v) is 9.79. The molecule has 1 unspecified atom stereocenters. The molecule has 190 valence electrons. The van der Waals surface area contributed by atoms with Crippen LogP contribution >= 0.6 is 24.0 Å². The Morgan fingerprint density at radius 2 is 1.94 bits per heavy atom. The first-order chi connectivity index (χ1) is 16.4. The summed E-state index contributed by atoms with van der Waals surface area (Å²) < 4.78 is 11.8. The van der Waals surface area contributed by atoms with Gasteiger partial charge in [0.05, 0.1) is 13.2 Å². The number of H-pyrrole nitrogens is 1. The number of nitrogens with one attached hydrogen (secondary N) is 2. The van der Waals surface area contributed by atoms with Crippen LogP contribution in [0.2, 0.25) is 0 Å². The van der Waals surface area contributed by atoms with Gasteiger partial charge in [0.1, 0.15) is 0 Å². The van der Waals surface area contributed by atoms with Crippen molar-refractivity contribution in [2.45, 2.75) is 47.2 Å². The van der Waals surface area contributed by atoms with E-state index in [9.17, 15) is 4.79 Å². The van der Waals surface area contributed by atoms with Crippen molar-refractivity contribution < 1.29 is 14.3 Å². The third-order valence-corrected chi connectivity index (χ3v) is 6.24. The summed E-state index contributed by atoms with van der Waals surface area (Å²) in [4.78, 5) is 18.7. The highest BCUT2D eigenvalue weighted by molar-refractivity contribution is 14.0. The maximum absolute atomic E-state index is 13.5. The molecule has 1 amide bonds. The van der Waals surface area contributed by atoms with Gasteiger partial charge in [-0.3, -0.25) is 4.79 Å². The minimum Gasteiger partial charge on any atom is -0.490 e. The number of halogens is 1. The fourth-order valence-corrected chi connectivity index (χ4v) is 4.63. The van der Waals surface area contributed by atoms with Gasteiger partial charge in [0, 0.05) is 55.6 Å². The predicted octanol–water partition coefficient (Wildman–Crippen LogP) is 5.67. The number of fused-ring (bicyclic) bond motifs is 2. The number of ether oxygens (including phenoxy) is 2. The van der Waals surface area contributed by atoms with Crippen molar-refractivity contribution in [3.05, 3.63) is 59.3 Å². The van der Waals surface area contributed by atoms with Crippen LogP contribution in [0.15, 0.2) is 42.6 Å². The van der Waals surface area contributed by atoms with E-state index in [0.29, 0.717) is 32.2 Å². The lowest BCUT2D eigenvalue weighted by molar-refractivity contribution is -0.136. The molecule has 0 spiro atoms. The highest BCUT2D eigenvalue weighted by Crippen LogP contribution is 2.35. The topological polar surface area (TPSA) is 66.6 Å². The minimum atomic E-state index is -0.120. The highest BCUT2D eigenvalue weighted by atomic mass is 127. The zero-order valence-electron chi connectivity index (χ0n) is 21.2. The van der Waals surface area contributed by atoms with Crippen LogP contribution in [0.25, 0.3) is 10.9 Å². The Balaban J connectivity index is 0.00000342. The molecule has 1 atom stereocenters. The highest BCUT2D eigenvalue weighted by Gasteiger charge is 2.23. The lowest BCUT2D eigenvalue weighted by Gasteiger charge is -2.28. The van der Waals surface area contributed by atoms with Crippen LogP contribution < -0.4 is 14.8 Å². The van der Waals surface area contributed by atoms with Crippen molar-refractivity contribution in [3.8, 4) is 11.5 Å². The van der Waals surface area contributed by atoms with Crippen LogP contribution in [-0.4, -0.2) is 42.1 Å². The molecule has 0 aliphatic carbocycles. The summed E-state index contributed by atoms with van der Waals surface area (Å²) in [6, 6.07) is 12.5. The fourth-order valence-electron chi connectivity index (χ4n) is 4.63. The summed E-state index contributed by atoms with van der Waals surface area (Å²) in [5, 5.41) is 4.72. The molecule has 3 aromatic rings. The molecule has 2 N–H and O–H groups in total.